The van der Waals surface area contributed by atoms with Crippen LogP contribution in [0.25, 0.3) is 0 Å². The van der Waals surface area contributed by atoms with Gasteiger partial charge in [0, 0.05) is 45.1 Å². The predicted octanol–water partition coefficient (Wildman–Crippen LogP) is 2.49. The van der Waals surface area contributed by atoms with Crippen LogP contribution < -0.4 is 15.5 Å². The van der Waals surface area contributed by atoms with Gasteiger partial charge in [-0.1, -0.05) is 23.7 Å². The normalized spacial score (nSPS) is 11.3. The number of hydrogen-bond acceptors (Lipinski definition) is 4. The van der Waals surface area contributed by atoms with Gasteiger partial charge < -0.3 is 15.5 Å². The minimum Gasteiger partial charge on any atom is -0.362 e. The second-order valence-electron chi connectivity index (χ2n) is 5.74. The fourth-order valence-electron chi connectivity index (χ4n) is 2.34. The fraction of sp³-hybridized carbons (Fsp3) is 0.389. The van der Waals surface area contributed by atoms with E-state index >= 15 is 0 Å². The number of halogens is 1. The summed E-state index contributed by atoms with van der Waals surface area (Å²) in [5.41, 5.74) is 2.22. The summed E-state index contributed by atoms with van der Waals surface area (Å²) in [6.45, 7) is 4.19. The van der Waals surface area contributed by atoms with Crippen LogP contribution >= 0.6 is 11.6 Å². The third-order valence-electron chi connectivity index (χ3n) is 3.54. The summed E-state index contributed by atoms with van der Waals surface area (Å²) in [5.74, 6) is 1.73. The van der Waals surface area contributed by atoms with Gasteiger partial charge >= 0.3 is 0 Å². The van der Waals surface area contributed by atoms with Crippen molar-refractivity contribution in [1.29, 1.82) is 0 Å². The maximum atomic E-state index is 5.81. The van der Waals surface area contributed by atoms with Gasteiger partial charge in [-0.25, -0.2) is 15.0 Å². The van der Waals surface area contributed by atoms with Crippen molar-refractivity contribution in [3.05, 3.63) is 52.9 Å². The molecule has 134 valence electrons. The molecule has 0 aliphatic carbocycles. The Labute approximate surface area is 154 Å². The number of hydrogen-bond donors (Lipinski definition) is 2. The Morgan fingerprint density at radius 1 is 1.20 bits per heavy atom. The highest BCUT2D eigenvalue weighted by atomic mass is 35.5. The Morgan fingerprint density at radius 2 is 2.04 bits per heavy atom. The van der Waals surface area contributed by atoms with Gasteiger partial charge in [0.15, 0.2) is 5.96 Å². The molecule has 0 spiro atoms. The zero-order valence-corrected chi connectivity index (χ0v) is 15.7. The lowest BCUT2D eigenvalue weighted by atomic mass is 10.2. The van der Waals surface area contributed by atoms with E-state index in [1.807, 2.05) is 31.1 Å². The lowest BCUT2D eigenvalue weighted by Crippen LogP contribution is -2.38. The quantitative estimate of drug-likeness (QED) is 0.451. The van der Waals surface area contributed by atoms with E-state index in [-0.39, 0.29) is 0 Å². The molecule has 7 heteroatoms. The van der Waals surface area contributed by atoms with Crippen molar-refractivity contribution in [2.45, 2.75) is 19.9 Å². The van der Waals surface area contributed by atoms with Crippen molar-refractivity contribution >= 4 is 23.4 Å². The minimum atomic E-state index is 0.514. The van der Waals surface area contributed by atoms with Crippen LogP contribution in [0.2, 0.25) is 5.15 Å². The number of aromatic nitrogens is 2. The van der Waals surface area contributed by atoms with Gasteiger partial charge in [0.25, 0.3) is 0 Å². The average Bonchev–Trinajstić information content (AvgIpc) is 2.61. The molecule has 2 aromatic heterocycles. The van der Waals surface area contributed by atoms with E-state index in [9.17, 15) is 0 Å². The fourth-order valence-corrected chi connectivity index (χ4v) is 2.45. The molecule has 6 nitrogen and oxygen atoms in total. The van der Waals surface area contributed by atoms with Crippen LogP contribution in [-0.4, -0.2) is 43.1 Å². The molecule has 2 heterocycles. The van der Waals surface area contributed by atoms with Crippen LogP contribution in [0.1, 0.15) is 18.1 Å². The van der Waals surface area contributed by atoms with Gasteiger partial charge in [-0.15, -0.1) is 0 Å². The first-order chi connectivity index (χ1) is 12.1. The number of guanidine groups is 1. The first kappa shape index (κ1) is 19.0. The SMILES string of the molecule is CCNC(=NCc1cccnc1N(C)C)NCCc1ccc(Cl)nc1. The molecular formula is C18H25ClN6. The molecule has 0 aliphatic heterocycles. The van der Waals surface area contributed by atoms with Crippen molar-refractivity contribution in [2.75, 3.05) is 32.1 Å². The summed E-state index contributed by atoms with van der Waals surface area (Å²) < 4.78 is 0. The molecule has 0 saturated heterocycles. The lowest BCUT2D eigenvalue weighted by molar-refractivity contribution is 0.797. The second kappa shape index (κ2) is 9.84. The molecule has 0 aliphatic rings. The van der Waals surface area contributed by atoms with Crippen LogP contribution in [0.15, 0.2) is 41.7 Å². The van der Waals surface area contributed by atoms with Crippen LogP contribution in [0.4, 0.5) is 5.82 Å². The molecule has 0 fully saturated rings. The molecular weight excluding hydrogens is 336 g/mol. The molecule has 0 aromatic carbocycles. The molecule has 0 unspecified atom stereocenters. The van der Waals surface area contributed by atoms with Crippen LogP contribution in [0.3, 0.4) is 0 Å². The highest BCUT2D eigenvalue weighted by Gasteiger charge is 2.05. The van der Waals surface area contributed by atoms with E-state index in [4.69, 9.17) is 11.6 Å². The number of pyridine rings is 2. The van der Waals surface area contributed by atoms with E-state index in [1.54, 1.807) is 18.5 Å². The molecule has 0 amide bonds. The predicted molar refractivity (Wildman–Crippen MR) is 104 cm³/mol. The Bertz CT molecular complexity index is 684. The molecule has 2 N–H and O–H groups in total. The largest absolute Gasteiger partial charge is 0.362 e. The van der Waals surface area contributed by atoms with Gasteiger partial charge in [0.05, 0.1) is 6.54 Å². The summed E-state index contributed by atoms with van der Waals surface area (Å²) in [5, 5.41) is 7.13. The summed E-state index contributed by atoms with van der Waals surface area (Å²) in [4.78, 5) is 15.2. The first-order valence-corrected chi connectivity index (χ1v) is 8.71. The first-order valence-electron chi connectivity index (χ1n) is 8.34. The number of aliphatic imine (C=N–C) groups is 1. The van der Waals surface area contributed by atoms with Crippen molar-refractivity contribution in [1.82, 2.24) is 20.6 Å². The van der Waals surface area contributed by atoms with Crippen LogP contribution in [0, 0.1) is 0 Å². The van der Waals surface area contributed by atoms with Gasteiger partial charge in [-0.2, -0.15) is 0 Å². The maximum Gasteiger partial charge on any atom is 0.191 e. The van der Waals surface area contributed by atoms with Crippen molar-refractivity contribution < 1.29 is 0 Å². The maximum absolute atomic E-state index is 5.81. The summed E-state index contributed by atoms with van der Waals surface area (Å²) in [7, 11) is 3.97. The van der Waals surface area contributed by atoms with E-state index in [1.165, 1.54) is 0 Å². The third kappa shape index (κ3) is 6.23. The highest BCUT2D eigenvalue weighted by Crippen LogP contribution is 2.15. The van der Waals surface area contributed by atoms with E-state index in [0.717, 1.165) is 42.4 Å². The highest BCUT2D eigenvalue weighted by molar-refractivity contribution is 6.29. The molecule has 0 saturated carbocycles. The third-order valence-corrected chi connectivity index (χ3v) is 3.76. The van der Waals surface area contributed by atoms with Crippen molar-refractivity contribution in [3.8, 4) is 0 Å². The topological polar surface area (TPSA) is 65.4 Å². The summed E-state index contributed by atoms with van der Waals surface area (Å²) in [6.07, 6.45) is 4.45. The van der Waals surface area contributed by atoms with Crippen LogP contribution in [0.5, 0.6) is 0 Å². The lowest BCUT2D eigenvalue weighted by Gasteiger charge is -2.15. The number of anilines is 1. The standard InChI is InChI=1S/C18H25ClN6/c1-4-20-18(22-11-9-14-7-8-16(19)23-12-14)24-13-15-6-5-10-21-17(15)25(2)3/h5-8,10,12H,4,9,11,13H2,1-3H3,(H2,20,22,24). The zero-order valence-electron chi connectivity index (χ0n) is 15.0. The Morgan fingerprint density at radius 3 is 2.72 bits per heavy atom. The van der Waals surface area contributed by atoms with Crippen molar-refractivity contribution in [2.24, 2.45) is 4.99 Å². The zero-order chi connectivity index (χ0) is 18.1. The van der Waals surface area contributed by atoms with E-state index < -0.39 is 0 Å². The van der Waals surface area contributed by atoms with Gasteiger partial charge in [0.1, 0.15) is 11.0 Å². The average molecular weight is 361 g/mol. The second-order valence-corrected chi connectivity index (χ2v) is 6.13. The number of nitrogens with zero attached hydrogens (tertiary/aromatic N) is 4. The number of nitrogens with one attached hydrogen (secondary N) is 2. The van der Waals surface area contributed by atoms with E-state index in [2.05, 4.69) is 38.6 Å². The van der Waals surface area contributed by atoms with Gasteiger partial charge in [0.2, 0.25) is 0 Å². The van der Waals surface area contributed by atoms with E-state index in [0.29, 0.717) is 11.7 Å². The minimum absolute atomic E-state index is 0.514. The molecule has 25 heavy (non-hydrogen) atoms. The molecule has 0 atom stereocenters. The molecule has 0 bridgehead atoms. The number of rotatable bonds is 7. The van der Waals surface area contributed by atoms with Crippen molar-refractivity contribution in [3.63, 3.8) is 0 Å². The monoisotopic (exact) mass is 360 g/mol. The Kier molecular flexibility index (Phi) is 7.47. The summed E-state index contributed by atoms with van der Waals surface area (Å²) >= 11 is 5.81. The Hall–Kier alpha value is -2.34. The molecule has 0 radical (unpaired) electrons. The Balaban J connectivity index is 1.95. The summed E-state index contributed by atoms with van der Waals surface area (Å²) in [6, 6.07) is 7.78. The molecule has 2 aromatic rings. The smallest absolute Gasteiger partial charge is 0.191 e. The van der Waals surface area contributed by atoms with Gasteiger partial charge in [-0.05, 0) is 31.0 Å². The van der Waals surface area contributed by atoms with Crippen LogP contribution in [-0.2, 0) is 13.0 Å². The van der Waals surface area contributed by atoms with Gasteiger partial charge in [-0.3, -0.25) is 0 Å². The molecule has 2 rings (SSSR count).